The van der Waals surface area contributed by atoms with Crippen LogP contribution in [-0.4, -0.2) is 12.7 Å². The van der Waals surface area contributed by atoms with Gasteiger partial charge in [-0.25, -0.2) is 9.18 Å². The van der Waals surface area contributed by atoms with E-state index in [1.165, 1.54) is 30.7 Å². The predicted molar refractivity (Wildman–Crippen MR) is 70.2 cm³/mol. The molecule has 100 valence electrons. The van der Waals surface area contributed by atoms with Crippen LogP contribution < -0.4 is 5.32 Å². The van der Waals surface area contributed by atoms with E-state index in [0.29, 0.717) is 30.0 Å². The summed E-state index contributed by atoms with van der Waals surface area (Å²) in [6.45, 7) is 0.457. The highest BCUT2D eigenvalue weighted by Gasteiger charge is 2.36. The van der Waals surface area contributed by atoms with Crippen LogP contribution in [0.3, 0.4) is 0 Å². The first kappa shape index (κ1) is 12.2. The van der Waals surface area contributed by atoms with Crippen molar-refractivity contribution in [2.24, 2.45) is 17.8 Å². The number of nitrogens with one attached hydrogen (secondary N) is 1. The summed E-state index contributed by atoms with van der Waals surface area (Å²) in [5.74, 6) is 1.38. The van der Waals surface area contributed by atoms with Crippen molar-refractivity contribution in [1.82, 2.24) is 0 Å². The van der Waals surface area contributed by atoms with Gasteiger partial charge in [-0.1, -0.05) is 12.2 Å². The van der Waals surface area contributed by atoms with Crippen molar-refractivity contribution in [1.29, 1.82) is 0 Å². The minimum atomic E-state index is -0.474. The van der Waals surface area contributed by atoms with Gasteiger partial charge in [0.25, 0.3) is 0 Å². The maximum absolute atomic E-state index is 12.7. The minimum absolute atomic E-state index is 0.326. The summed E-state index contributed by atoms with van der Waals surface area (Å²) in [5.41, 5.74) is 0.541. The molecule has 3 nitrogen and oxygen atoms in total. The number of anilines is 1. The average Bonchev–Trinajstić information content (AvgIpc) is 3.01. The molecule has 0 saturated heterocycles. The van der Waals surface area contributed by atoms with Gasteiger partial charge in [0.2, 0.25) is 0 Å². The Labute approximate surface area is 111 Å². The van der Waals surface area contributed by atoms with Gasteiger partial charge in [-0.3, -0.25) is 5.32 Å². The Morgan fingerprint density at radius 1 is 1.26 bits per heavy atom. The van der Waals surface area contributed by atoms with Crippen molar-refractivity contribution < 1.29 is 13.9 Å². The summed E-state index contributed by atoms with van der Waals surface area (Å²) in [7, 11) is 0. The van der Waals surface area contributed by atoms with Crippen LogP contribution in [0, 0.1) is 23.6 Å². The van der Waals surface area contributed by atoms with E-state index in [1.54, 1.807) is 0 Å². The predicted octanol–water partition coefficient (Wildman–Crippen LogP) is 3.59. The van der Waals surface area contributed by atoms with E-state index in [1.807, 2.05) is 0 Å². The van der Waals surface area contributed by atoms with Crippen LogP contribution in [0.2, 0.25) is 0 Å². The largest absolute Gasteiger partial charge is 0.449 e. The third-order valence-electron chi connectivity index (χ3n) is 3.94. The number of rotatable bonds is 3. The Morgan fingerprint density at radius 2 is 2.05 bits per heavy atom. The minimum Gasteiger partial charge on any atom is -0.449 e. The summed E-state index contributed by atoms with van der Waals surface area (Å²) in [5, 5.41) is 2.59. The Balaban J connectivity index is 1.47. The van der Waals surface area contributed by atoms with Gasteiger partial charge in [-0.15, -0.1) is 0 Å². The Morgan fingerprint density at radius 3 is 2.68 bits per heavy atom. The Kier molecular flexibility index (Phi) is 3.23. The third kappa shape index (κ3) is 2.78. The van der Waals surface area contributed by atoms with E-state index in [0.717, 1.165) is 6.42 Å². The number of fused-ring (bicyclic) bond motifs is 2. The summed E-state index contributed by atoms with van der Waals surface area (Å²) < 4.78 is 17.9. The molecule has 2 bridgehead atoms. The molecule has 2 aliphatic rings. The molecule has 0 heterocycles. The number of allylic oxidation sites excluding steroid dienone is 2. The van der Waals surface area contributed by atoms with Gasteiger partial charge >= 0.3 is 6.09 Å². The Hall–Kier alpha value is -1.84. The van der Waals surface area contributed by atoms with Gasteiger partial charge in [0.1, 0.15) is 5.82 Å². The molecule has 4 heteroatoms. The number of carbonyl (C=O) groups excluding carboxylic acids is 1. The van der Waals surface area contributed by atoms with Crippen LogP contribution >= 0.6 is 0 Å². The van der Waals surface area contributed by atoms with Crippen molar-refractivity contribution in [3.8, 4) is 0 Å². The number of amides is 1. The zero-order valence-electron chi connectivity index (χ0n) is 10.5. The lowest BCUT2D eigenvalue weighted by Crippen LogP contribution is -2.21. The van der Waals surface area contributed by atoms with Gasteiger partial charge in [-0.05, 0) is 48.9 Å². The van der Waals surface area contributed by atoms with Gasteiger partial charge in [-0.2, -0.15) is 0 Å². The van der Waals surface area contributed by atoms with Crippen LogP contribution in [0.4, 0.5) is 14.9 Å². The molecule has 2 aliphatic carbocycles. The lowest BCUT2D eigenvalue weighted by molar-refractivity contribution is 0.134. The van der Waals surface area contributed by atoms with E-state index >= 15 is 0 Å². The van der Waals surface area contributed by atoms with Gasteiger partial charge in [0.15, 0.2) is 0 Å². The number of carbonyl (C=O) groups is 1. The average molecular weight is 261 g/mol. The molecule has 3 rings (SSSR count). The zero-order chi connectivity index (χ0) is 13.2. The van der Waals surface area contributed by atoms with Crippen LogP contribution in [-0.2, 0) is 4.74 Å². The number of hydrogen-bond acceptors (Lipinski definition) is 2. The SMILES string of the molecule is O=C(Nc1ccc(F)cc1)OC[C@H]1C[C@H]2C=C[C@H]1C2. The molecule has 1 saturated carbocycles. The fraction of sp³-hybridized carbons (Fsp3) is 0.400. The fourth-order valence-electron chi connectivity index (χ4n) is 2.96. The molecule has 0 spiro atoms. The smallest absolute Gasteiger partial charge is 0.411 e. The van der Waals surface area contributed by atoms with Gasteiger partial charge in [0.05, 0.1) is 6.61 Å². The maximum atomic E-state index is 12.7. The second-order valence-corrected chi connectivity index (χ2v) is 5.27. The first-order chi connectivity index (χ1) is 9.20. The zero-order valence-corrected chi connectivity index (χ0v) is 10.5. The standard InChI is InChI=1S/C15H16FNO2/c16-13-3-5-14(6-4-13)17-15(18)19-9-12-8-10-1-2-11(12)7-10/h1-6,10-12H,7-9H2,(H,17,18)/t10-,11-,12+/m0/s1. The maximum Gasteiger partial charge on any atom is 0.411 e. The van der Waals surface area contributed by atoms with Crippen molar-refractivity contribution in [2.75, 3.05) is 11.9 Å². The summed E-state index contributed by atoms with van der Waals surface area (Å²) >= 11 is 0. The van der Waals surface area contributed by atoms with Crippen molar-refractivity contribution in [3.05, 3.63) is 42.2 Å². The quantitative estimate of drug-likeness (QED) is 0.844. The molecule has 1 aromatic carbocycles. The highest BCUT2D eigenvalue weighted by molar-refractivity contribution is 5.84. The monoisotopic (exact) mass is 261 g/mol. The summed E-state index contributed by atoms with van der Waals surface area (Å²) in [6, 6.07) is 5.63. The second kappa shape index (κ2) is 5.03. The molecule has 1 amide bonds. The number of benzene rings is 1. The molecule has 0 aliphatic heterocycles. The summed E-state index contributed by atoms with van der Waals surface area (Å²) in [6.07, 6.45) is 6.34. The molecule has 0 unspecified atom stereocenters. The lowest BCUT2D eigenvalue weighted by Gasteiger charge is -2.17. The lowest BCUT2D eigenvalue weighted by atomic mass is 9.95. The second-order valence-electron chi connectivity index (χ2n) is 5.27. The van der Waals surface area contributed by atoms with E-state index in [9.17, 15) is 9.18 Å². The molecular weight excluding hydrogens is 245 g/mol. The molecule has 19 heavy (non-hydrogen) atoms. The molecule has 0 aromatic heterocycles. The highest BCUT2D eigenvalue weighted by atomic mass is 19.1. The fourth-order valence-corrected chi connectivity index (χ4v) is 2.96. The van der Waals surface area contributed by atoms with Crippen molar-refractivity contribution in [2.45, 2.75) is 12.8 Å². The molecular formula is C15H16FNO2. The molecule has 1 aromatic rings. The van der Waals surface area contributed by atoms with Crippen LogP contribution in [0.25, 0.3) is 0 Å². The highest BCUT2D eigenvalue weighted by Crippen LogP contribution is 2.43. The first-order valence-corrected chi connectivity index (χ1v) is 6.58. The molecule has 1 fully saturated rings. The first-order valence-electron chi connectivity index (χ1n) is 6.58. The van der Waals surface area contributed by atoms with Gasteiger partial charge in [0, 0.05) is 11.6 Å². The van der Waals surface area contributed by atoms with Crippen LogP contribution in [0.15, 0.2) is 36.4 Å². The Bertz CT molecular complexity index is 497. The normalized spacial score (nSPS) is 27.5. The van der Waals surface area contributed by atoms with E-state index in [4.69, 9.17) is 4.74 Å². The van der Waals surface area contributed by atoms with Crippen molar-refractivity contribution >= 4 is 11.8 Å². The molecule has 0 radical (unpaired) electrons. The topological polar surface area (TPSA) is 38.3 Å². The van der Waals surface area contributed by atoms with E-state index in [-0.39, 0.29) is 5.82 Å². The van der Waals surface area contributed by atoms with Crippen LogP contribution in [0.5, 0.6) is 0 Å². The van der Waals surface area contributed by atoms with E-state index in [2.05, 4.69) is 17.5 Å². The van der Waals surface area contributed by atoms with Gasteiger partial charge < -0.3 is 4.74 Å². The number of ether oxygens (including phenoxy) is 1. The number of hydrogen-bond donors (Lipinski definition) is 1. The molecule has 1 N–H and O–H groups in total. The van der Waals surface area contributed by atoms with Crippen LogP contribution in [0.1, 0.15) is 12.8 Å². The summed E-state index contributed by atoms with van der Waals surface area (Å²) in [4.78, 5) is 11.6. The van der Waals surface area contributed by atoms with Crippen molar-refractivity contribution in [3.63, 3.8) is 0 Å². The van der Waals surface area contributed by atoms with E-state index < -0.39 is 6.09 Å². The molecule has 3 atom stereocenters. The number of halogens is 1. The third-order valence-corrected chi connectivity index (χ3v) is 3.94.